The Balaban J connectivity index is 1.69. The van der Waals surface area contributed by atoms with E-state index in [1.165, 1.54) is 5.69 Å². The summed E-state index contributed by atoms with van der Waals surface area (Å²) in [4.78, 5) is 21.0. The zero-order valence-corrected chi connectivity index (χ0v) is 16.8. The van der Waals surface area contributed by atoms with Crippen LogP contribution < -0.4 is 10.3 Å². The number of anilines is 2. The molecule has 1 aromatic heterocycles. The van der Waals surface area contributed by atoms with Crippen LogP contribution in [0.2, 0.25) is 0 Å². The molecule has 26 heavy (non-hydrogen) atoms. The lowest BCUT2D eigenvalue weighted by Crippen LogP contribution is -2.49. The summed E-state index contributed by atoms with van der Waals surface area (Å²) in [5.41, 5.74) is 6.28. The molecule has 3 rings (SSSR count). The molecule has 1 N–H and O–H groups in total. The maximum Gasteiger partial charge on any atom is 0.225 e. The quantitative estimate of drug-likeness (QED) is 0.640. The predicted molar refractivity (Wildman–Crippen MR) is 110 cm³/mol. The first-order chi connectivity index (χ1) is 12.5. The van der Waals surface area contributed by atoms with Crippen molar-refractivity contribution >= 4 is 44.0 Å². The lowest BCUT2D eigenvalue weighted by molar-refractivity contribution is -0.134. The number of carbonyl (C=O) groups excluding carboxylic acids is 1. The van der Waals surface area contributed by atoms with Crippen LogP contribution in [0.1, 0.15) is 34.1 Å². The minimum absolute atomic E-state index is 0.0695. The fraction of sp³-hybridized carbons (Fsp3) is 0.526. The minimum Gasteiger partial charge on any atom is -0.368 e. The summed E-state index contributed by atoms with van der Waals surface area (Å²) in [6.45, 7) is 11.3. The van der Waals surface area contributed by atoms with Crippen molar-refractivity contribution in [2.45, 2.75) is 34.1 Å². The Hall–Kier alpha value is -2.15. The van der Waals surface area contributed by atoms with E-state index in [-0.39, 0.29) is 11.8 Å². The zero-order chi connectivity index (χ0) is 18.7. The van der Waals surface area contributed by atoms with E-state index in [9.17, 15) is 4.79 Å². The number of aromatic nitrogens is 1. The predicted octanol–water partition coefficient (Wildman–Crippen LogP) is 3.80. The van der Waals surface area contributed by atoms with Crippen molar-refractivity contribution < 1.29 is 4.79 Å². The van der Waals surface area contributed by atoms with Gasteiger partial charge in [0.15, 0.2) is 0 Å². The Bertz CT molecular complexity index is 805. The Morgan fingerprint density at radius 2 is 2.04 bits per heavy atom. The molecule has 1 aliphatic heterocycles. The van der Waals surface area contributed by atoms with Gasteiger partial charge in [0.1, 0.15) is 0 Å². The van der Waals surface area contributed by atoms with Gasteiger partial charge in [-0.25, -0.2) is 4.98 Å². The Kier molecular flexibility index (Phi) is 5.76. The van der Waals surface area contributed by atoms with Crippen molar-refractivity contribution in [3.05, 3.63) is 18.2 Å². The smallest absolute Gasteiger partial charge is 0.225 e. The molecule has 0 bridgehead atoms. The van der Waals surface area contributed by atoms with Crippen molar-refractivity contribution in [3.63, 3.8) is 0 Å². The second-order valence-electron chi connectivity index (χ2n) is 6.95. The van der Waals surface area contributed by atoms with Gasteiger partial charge in [-0.1, -0.05) is 32.1 Å². The molecular formula is C19H27N5OS. The van der Waals surface area contributed by atoms with E-state index in [1.807, 2.05) is 25.7 Å². The van der Waals surface area contributed by atoms with Gasteiger partial charge in [-0.3, -0.25) is 10.2 Å². The number of carbonyl (C=O) groups is 1. The highest BCUT2D eigenvalue weighted by Gasteiger charge is 2.23. The van der Waals surface area contributed by atoms with E-state index in [4.69, 9.17) is 0 Å². The Morgan fingerprint density at radius 3 is 2.69 bits per heavy atom. The maximum absolute atomic E-state index is 12.1. The van der Waals surface area contributed by atoms with Gasteiger partial charge in [-0.15, -0.1) is 0 Å². The topological polar surface area (TPSA) is 60.8 Å². The fourth-order valence-electron chi connectivity index (χ4n) is 2.93. The minimum atomic E-state index is 0.0695. The molecule has 0 atom stereocenters. The van der Waals surface area contributed by atoms with Crippen molar-refractivity contribution in [3.8, 4) is 0 Å². The van der Waals surface area contributed by atoms with Gasteiger partial charge in [-0.2, -0.15) is 5.10 Å². The molecule has 0 aliphatic carbocycles. The molecule has 2 aromatic rings. The molecule has 140 valence electrons. The second kappa shape index (κ2) is 8.03. The van der Waals surface area contributed by atoms with E-state index in [0.29, 0.717) is 0 Å². The van der Waals surface area contributed by atoms with Crippen molar-refractivity contribution in [1.82, 2.24) is 9.88 Å². The summed E-state index contributed by atoms with van der Waals surface area (Å²) in [6.07, 6.45) is 0.924. The average Bonchev–Trinajstić information content (AvgIpc) is 3.07. The summed E-state index contributed by atoms with van der Waals surface area (Å²) in [7, 11) is 0. The van der Waals surface area contributed by atoms with Gasteiger partial charge in [0, 0.05) is 43.5 Å². The van der Waals surface area contributed by atoms with Crippen LogP contribution in [0, 0.1) is 5.92 Å². The van der Waals surface area contributed by atoms with Crippen LogP contribution in [-0.4, -0.2) is 47.7 Å². The van der Waals surface area contributed by atoms with Gasteiger partial charge in [0.2, 0.25) is 11.0 Å². The third-order valence-corrected chi connectivity index (χ3v) is 5.60. The third kappa shape index (κ3) is 4.15. The van der Waals surface area contributed by atoms with Crippen LogP contribution in [0.25, 0.3) is 10.2 Å². The van der Waals surface area contributed by atoms with Crippen LogP contribution in [0.5, 0.6) is 0 Å². The van der Waals surface area contributed by atoms with Crippen LogP contribution in [0.15, 0.2) is 23.3 Å². The third-order valence-electron chi connectivity index (χ3n) is 4.68. The molecule has 1 fully saturated rings. The molecule has 7 heteroatoms. The van der Waals surface area contributed by atoms with E-state index < -0.39 is 0 Å². The molecule has 1 aromatic carbocycles. The Morgan fingerprint density at radius 1 is 1.31 bits per heavy atom. The van der Waals surface area contributed by atoms with E-state index in [1.54, 1.807) is 11.3 Å². The first-order valence-electron chi connectivity index (χ1n) is 9.21. The SMILES string of the molecule is CC/C(C)=N\Nc1nc2ccc(N3CCN(C(=O)C(C)C)CC3)cc2s1. The number of hydrogen-bond donors (Lipinski definition) is 1. The van der Waals surface area contributed by atoms with Crippen molar-refractivity contribution in [2.24, 2.45) is 11.0 Å². The van der Waals surface area contributed by atoms with Gasteiger partial charge < -0.3 is 9.80 Å². The highest BCUT2D eigenvalue weighted by atomic mass is 32.1. The fourth-order valence-corrected chi connectivity index (χ4v) is 3.77. The molecule has 0 saturated carbocycles. The molecule has 0 radical (unpaired) electrons. The van der Waals surface area contributed by atoms with Gasteiger partial charge in [0.05, 0.1) is 10.2 Å². The number of thiazole rings is 1. The normalized spacial score (nSPS) is 15.8. The van der Waals surface area contributed by atoms with E-state index >= 15 is 0 Å². The number of amides is 1. The van der Waals surface area contributed by atoms with Crippen LogP contribution in [0.3, 0.4) is 0 Å². The van der Waals surface area contributed by atoms with E-state index in [0.717, 1.165) is 53.7 Å². The summed E-state index contributed by atoms with van der Waals surface area (Å²) >= 11 is 1.62. The molecule has 1 amide bonds. The van der Waals surface area contributed by atoms with Crippen molar-refractivity contribution in [1.29, 1.82) is 0 Å². The number of rotatable bonds is 5. The largest absolute Gasteiger partial charge is 0.368 e. The second-order valence-corrected chi connectivity index (χ2v) is 7.98. The lowest BCUT2D eigenvalue weighted by atomic mass is 10.1. The summed E-state index contributed by atoms with van der Waals surface area (Å²) < 4.78 is 1.15. The van der Waals surface area contributed by atoms with Crippen LogP contribution in [0.4, 0.5) is 10.8 Å². The van der Waals surface area contributed by atoms with Crippen LogP contribution >= 0.6 is 11.3 Å². The van der Waals surface area contributed by atoms with Crippen molar-refractivity contribution in [2.75, 3.05) is 36.5 Å². The summed E-state index contributed by atoms with van der Waals surface area (Å²) in [5.74, 6) is 0.321. The van der Waals surface area contributed by atoms with Gasteiger partial charge in [0.25, 0.3) is 0 Å². The Labute approximate surface area is 158 Å². The molecule has 2 heterocycles. The number of hydrazone groups is 1. The standard InChI is InChI=1S/C19H27N5OS/c1-5-14(4)21-22-19-20-16-7-6-15(12-17(16)26-19)23-8-10-24(11-9-23)18(25)13(2)3/h6-7,12-13H,5,8-11H2,1-4H3,(H,20,22)/b21-14-. The van der Waals surface area contributed by atoms with Gasteiger partial charge in [-0.05, 0) is 31.5 Å². The van der Waals surface area contributed by atoms with E-state index in [2.05, 4.69) is 45.5 Å². The molecular weight excluding hydrogens is 346 g/mol. The molecule has 0 unspecified atom stereocenters. The zero-order valence-electron chi connectivity index (χ0n) is 16.0. The maximum atomic E-state index is 12.1. The number of fused-ring (bicyclic) bond motifs is 1. The highest BCUT2D eigenvalue weighted by Crippen LogP contribution is 2.30. The number of hydrogen-bond acceptors (Lipinski definition) is 6. The average molecular weight is 374 g/mol. The number of nitrogens with zero attached hydrogens (tertiary/aromatic N) is 4. The molecule has 0 spiro atoms. The molecule has 6 nitrogen and oxygen atoms in total. The summed E-state index contributed by atoms with van der Waals surface area (Å²) in [5, 5.41) is 5.14. The lowest BCUT2D eigenvalue weighted by Gasteiger charge is -2.36. The number of nitrogens with one attached hydrogen (secondary N) is 1. The molecule has 1 saturated heterocycles. The molecule has 1 aliphatic rings. The first-order valence-corrected chi connectivity index (χ1v) is 10.0. The monoisotopic (exact) mass is 373 g/mol. The van der Waals surface area contributed by atoms with Gasteiger partial charge >= 0.3 is 0 Å². The summed E-state index contributed by atoms with van der Waals surface area (Å²) in [6, 6.07) is 6.37. The number of benzene rings is 1. The first kappa shape index (κ1) is 18.6. The highest BCUT2D eigenvalue weighted by molar-refractivity contribution is 7.22. The number of piperazine rings is 1. The van der Waals surface area contributed by atoms with Crippen LogP contribution in [-0.2, 0) is 4.79 Å².